The highest BCUT2D eigenvalue weighted by Crippen LogP contribution is 2.51. The lowest BCUT2D eigenvalue weighted by Gasteiger charge is -2.40. The Kier molecular flexibility index (Phi) is 6.41. The summed E-state index contributed by atoms with van der Waals surface area (Å²) in [5, 5.41) is 15.8. The van der Waals surface area contributed by atoms with Crippen LogP contribution < -0.4 is 0 Å². The number of thioether (sulfide) groups is 1. The van der Waals surface area contributed by atoms with E-state index in [1.165, 1.54) is 17.2 Å². The zero-order chi connectivity index (χ0) is 25.5. The van der Waals surface area contributed by atoms with Gasteiger partial charge < -0.3 is 4.90 Å². The second-order valence-electron chi connectivity index (χ2n) is 9.10. The number of hydrogen-bond acceptors (Lipinski definition) is 5. The quantitative estimate of drug-likeness (QED) is 0.242. The van der Waals surface area contributed by atoms with Crippen LogP contribution in [0.4, 0.5) is 5.69 Å². The summed E-state index contributed by atoms with van der Waals surface area (Å²) in [5.41, 5.74) is 7.46. The normalized spacial score (nSPS) is 19.9. The molecule has 8 heteroatoms. The summed E-state index contributed by atoms with van der Waals surface area (Å²) in [6, 6.07) is 22.5. The SMILES string of the molecule is O=[N+]([O-])c1cccc(C2=CSC3=NC4=C(CCCC4=Cc4ccc(Cl)cc4)C(c4ccc(Cl)cc4)N23)c1. The van der Waals surface area contributed by atoms with Crippen molar-refractivity contribution < 1.29 is 4.92 Å². The van der Waals surface area contributed by atoms with E-state index in [1.807, 2.05) is 47.9 Å². The maximum absolute atomic E-state index is 11.5. The Morgan fingerprint density at radius 2 is 1.73 bits per heavy atom. The van der Waals surface area contributed by atoms with Crippen molar-refractivity contribution in [3.8, 4) is 0 Å². The lowest BCUT2D eigenvalue weighted by molar-refractivity contribution is -0.384. The molecule has 0 bridgehead atoms. The molecule has 0 saturated heterocycles. The second-order valence-corrected chi connectivity index (χ2v) is 10.8. The Morgan fingerprint density at radius 1 is 1.00 bits per heavy atom. The molecule has 3 aliphatic rings. The number of nitro groups is 1. The van der Waals surface area contributed by atoms with Gasteiger partial charge in [-0.1, -0.05) is 71.4 Å². The third kappa shape index (κ3) is 4.61. The third-order valence-corrected chi connectivity index (χ3v) is 8.13. The molecule has 0 spiro atoms. The number of aliphatic imine (C=N–C) groups is 1. The van der Waals surface area contributed by atoms with Crippen molar-refractivity contribution in [2.75, 3.05) is 0 Å². The van der Waals surface area contributed by atoms with Gasteiger partial charge in [0, 0.05) is 33.1 Å². The fourth-order valence-corrected chi connectivity index (χ4v) is 6.29. The van der Waals surface area contributed by atoms with Crippen LogP contribution in [-0.4, -0.2) is 15.0 Å². The molecule has 0 N–H and O–H groups in total. The summed E-state index contributed by atoms with van der Waals surface area (Å²) in [4.78, 5) is 18.5. The lowest BCUT2D eigenvalue weighted by atomic mass is 9.82. The first kappa shape index (κ1) is 24.0. The molecule has 1 atom stereocenters. The van der Waals surface area contributed by atoms with Crippen molar-refractivity contribution in [2.45, 2.75) is 25.3 Å². The van der Waals surface area contributed by atoms with Gasteiger partial charge in [0.2, 0.25) is 0 Å². The standard InChI is InChI=1S/C29H21Cl2N3O2S/c30-22-11-7-18(8-12-22)15-21-4-2-6-25-27(21)32-29-33(28(25)19-9-13-23(31)14-10-19)26(17-37-29)20-3-1-5-24(16-20)34(35)36/h1,3,5,7-17,28H,2,4,6H2. The van der Waals surface area contributed by atoms with Gasteiger partial charge in [0.1, 0.15) is 0 Å². The number of nitrogens with zero attached hydrogens (tertiary/aromatic N) is 3. The average molecular weight is 546 g/mol. The van der Waals surface area contributed by atoms with Crippen molar-refractivity contribution in [3.05, 3.63) is 132 Å². The molecular formula is C29H21Cl2N3O2S. The van der Waals surface area contributed by atoms with Crippen LogP contribution in [0.15, 0.2) is 100 Å². The highest BCUT2D eigenvalue weighted by Gasteiger charge is 2.40. The van der Waals surface area contributed by atoms with Gasteiger partial charge in [0.25, 0.3) is 5.69 Å². The van der Waals surface area contributed by atoms with Crippen LogP contribution in [0.2, 0.25) is 10.0 Å². The molecule has 0 amide bonds. The van der Waals surface area contributed by atoms with Crippen molar-refractivity contribution in [2.24, 2.45) is 4.99 Å². The topological polar surface area (TPSA) is 58.7 Å². The molecule has 37 heavy (non-hydrogen) atoms. The van der Waals surface area contributed by atoms with E-state index in [9.17, 15) is 10.1 Å². The molecule has 3 aromatic rings. The van der Waals surface area contributed by atoms with Crippen LogP contribution in [0.1, 0.15) is 42.0 Å². The summed E-state index contributed by atoms with van der Waals surface area (Å²) >= 11 is 13.9. The highest BCUT2D eigenvalue weighted by atomic mass is 35.5. The first-order valence-corrected chi connectivity index (χ1v) is 13.6. The van der Waals surface area contributed by atoms with Crippen LogP contribution in [0.5, 0.6) is 0 Å². The number of non-ortho nitro benzene ring substituents is 1. The van der Waals surface area contributed by atoms with Crippen LogP contribution in [0, 0.1) is 10.1 Å². The van der Waals surface area contributed by atoms with Crippen molar-refractivity contribution in [3.63, 3.8) is 0 Å². The van der Waals surface area contributed by atoms with Gasteiger partial charge in [-0.15, -0.1) is 0 Å². The Bertz CT molecular complexity index is 1530. The first-order chi connectivity index (χ1) is 18.0. The fourth-order valence-electron chi connectivity index (χ4n) is 5.11. The van der Waals surface area contributed by atoms with E-state index in [4.69, 9.17) is 28.2 Å². The minimum Gasteiger partial charge on any atom is -0.308 e. The number of halogens is 2. The second kappa shape index (κ2) is 9.86. The molecule has 0 fully saturated rings. The molecular weight excluding hydrogens is 525 g/mol. The molecule has 2 aliphatic heterocycles. The van der Waals surface area contributed by atoms with E-state index in [0.29, 0.717) is 10.0 Å². The van der Waals surface area contributed by atoms with Crippen LogP contribution in [0.3, 0.4) is 0 Å². The largest absolute Gasteiger partial charge is 0.308 e. The van der Waals surface area contributed by atoms with Crippen molar-refractivity contribution in [1.29, 1.82) is 0 Å². The fraction of sp³-hybridized carbons (Fsp3) is 0.138. The number of allylic oxidation sites excluding steroid dienone is 1. The molecule has 2 heterocycles. The van der Waals surface area contributed by atoms with Crippen LogP contribution in [0.25, 0.3) is 11.8 Å². The van der Waals surface area contributed by atoms with Crippen LogP contribution >= 0.6 is 35.0 Å². The van der Waals surface area contributed by atoms with Gasteiger partial charge in [-0.05, 0) is 71.9 Å². The number of fused-ring (bicyclic) bond motifs is 1. The Labute approximate surface area is 229 Å². The first-order valence-electron chi connectivity index (χ1n) is 11.9. The van der Waals surface area contributed by atoms with E-state index in [0.717, 1.165) is 52.5 Å². The predicted octanol–water partition coefficient (Wildman–Crippen LogP) is 8.88. The summed E-state index contributed by atoms with van der Waals surface area (Å²) in [7, 11) is 0. The monoisotopic (exact) mass is 545 g/mol. The molecule has 0 saturated carbocycles. The maximum atomic E-state index is 11.5. The molecule has 6 rings (SSSR count). The summed E-state index contributed by atoms with van der Waals surface area (Å²) in [5.74, 6) is 0. The summed E-state index contributed by atoms with van der Waals surface area (Å²) < 4.78 is 0. The van der Waals surface area contributed by atoms with E-state index < -0.39 is 0 Å². The van der Waals surface area contributed by atoms with Gasteiger partial charge >= 0.3 is 0 Å². The Morgan fingerprint density at radius 3 is 2.46 bits per heavy atom. The molecule has 1 unspecified atom stereocenters. The van der Waals surface area contributed by atoms with Gasteiger partial charge in [0.05, 0.1) is 22.4 Å². The molecule has 1 aliphatic carbocycles. The highest BCUT2D eigenvalue weighted by molar-refractivity contribution is 8.16. The summed E-state index contributed by atoms with van der Waals surface area (Å²) in [6.45, 7) is 0. The summed E-state index contributed by atoms with van der Waals surface area (Å²) in [6.07, 6.45) is 5.09. The van der Waals surface area contributed by atoms with Crippen molar-refractivity contribution >= 4 is 57.6 Å². The number of rotatable bonds is 4. The minimum atomic E-state index is -0.358. The van der Waals surface area contributed by atoms with Crippen LogP contribution in [-0.2, 0) is 0 Å². The van der Waals surface area contributed by atoms with E-state index in [-0.39, 0.29) is 16.7 Å². The lowest BCUT2D eigenvalue weighted by Crippen LogP contribution is -2.34. The van der Waals surface area contributed by atoms with E-state index in [2.05, 4.69) is 23.1 Å². The molecule has 5 nitrogen and oxygen atoms in total. The molecule has 0 aromatic heterocycles. The van der Waals surface area contributed by atoms with Gasteiger partial charge in [-0.2, -0.15) is 0 Å². The van der Waals surface area contributed by atoms with Gasteiger partial charge in [0.15, 0.2) is 5.17 Å². The van der Waals surface area contributed by atoms with Gasteiger partial charge in [-0.3, -0.25) is 10.1 Å². The smallest absolute Gasteiger partial charge is 0.270 e. The maximum Gasteiger partial charge on any atom is 0.270 e. The number of nitro benzene ring substituents is 1. The molecule has 184 valence electrons. The number of hydrogen-bond donors (Lipinski definition) is 0. The number of benzene rings is 3. The molecule has 0 radical (unpaired) electrons. The molecule has 3 aromatic carbocycles. The zero-order valence-corrected chi connectivity index (χ0v) is 21.9. The zero-order valence-electron chi connectivity index (χ0n) is 19.6. The third-order valence-electron chi connectivity index (χ3n) is 6.79. The van der Waals surface area contributed by atoms with Gasteiger partial charge in [-0.25, -0.2) is 4.99 Å². The van der Waals surface area contributed by atoms with Crippen molar-refractivity contribution in [1.82, 2.24) is 4.90 Å². The Balaban J connectivity index is 1.48. The average Bonchev–Trinajstić information content (AvgIpc) is 3.33. The predicted molar refractivity (Wildman–Crippen MR) is 152 cm³/mol. The van der Waals surface area contributed by atoms with E-state index in [1.54, 1.807) is 23.9 Å². The van der Waals surface area contributed by atoms with E-state index >= 15 is 0 Å². The minimum absolute atomic E-state index is 0.0691. The number of amidine groups is 1. The Hall–Kier alpha value is -3.32.